The van der Waals surface area contributed by atoms with Gasteiger partial charge >= 0.3 is 6.18 Å². The molecule has 2 amide bonds. The number of rotatable bonds is 8. The van der Waals surface area contributed by atoms with Crippen molar-refractivity contribution in [2.45, 2.75) is 26.1 Å². The number of aromatic nitrogens is 1. The Morgan fingerprint density at radius 2 is 1.77 bits per heavy atom. The van der Waals surface area contributed by atoms with Crippen LogP contribution in [0, 0.1) is 11.7 Å². The van der Waals surface area contributed by atoms with Crippen molar-refractivity contribution in [2.75, 3.05) is 18.4 Å². The molecule has 1 aromatic heterocycles. The predicted octanol–water partition coefficient (Wildman–Crippen LogP) is 3.22. The van der Waals surface area contributed by atoms with E-state index in [0.717, 1.165) is 12.1 Å². The molecule has 0 saturated carbocycles. The second kappa shape index (κ2) is 10.0. The first-order chi connectivity index (χ1) is 14.1. The van der Waals surface area contributed by atoms with Gasteiger partial charge in [0.15, 0.2) is 0 Å². The third-order valence-corrected chi connectivity index (χ3v) is 4.18. The lowest BCUT2D eigenvalue weighted by Gasteiger charge is -2.22. The molecule has 1 aromatic carbocycles. The summed E-state index contributed by atoms with van der Waals surface area (Å²) in [4.78, 5) is 28.4. The molecule has 0 radical (unpaired) electrons. The molecular weight excluding hydrogens is 404 g/mol. The standard InChI is InChI=1S/C20H22F4N4O2/c1-12(2)16(28-18(29)13-6-3-4-8-15(13)21)19(30)27-11-10-26-17-14(20(22,23)24)7-5-9-25-17/h3-9,12,16H,10-11H2,1-2H3,(H,25,26)(H,27,30)(H,28,29). The summed E-state index contributed by atoms with van der Waals surface area (Å²) < 4.78 is 52.6. The summed E-state index contributed by atoms with van der Waals surface area (Å²) >= 11 is 0. The summed E-state index contributed by atoms with van der Waals surface area (Å²) in [6.45, 7) is 3.38. The van der Waals surface area contributed by atoms with Crippen molar-refractivity contribution in [3.05, 3.63) is 59.5 Å². The van der Waals surface area contributed by atoms with Crippen LogP contribution >= 0.6 is 0 Å². The van der Waals surface area contributed by atoms with Crippen LogP contribution in [0.1, 0.15) is 29.8 Å². The minimum Gasteiger partial charge on any atom is -0.368 e. The molecule has 0 spiro atoms. The topological polar surface area (TPSA) is 83.1 Å². The number of benzene rings is 1. The lowest BCUT2D eigenvalue weighted by molar-refractivity contribution is -0.137. The summed E-state index contributed by atoms with van der Waals surface area (Å²) in [5, 5.41) is 7.57. The van der Waals surface area contributed by atoms with Crippen molar-refractivity contribution in [3.8, 4) is 0 Å². The van der Waals surface area contributed by atoms with Gasteiger partial charge < -0.3 is 16.0 Å². The average molecular weight is 426 g/mol. The zero-order chi connectivity index (χ0) is 22.3. The third kappa shape index (κ3) is 6.16. The van der Waals surface area contributed by atoms with Gasteiger partial charge in [0, 0.05) is 19.3 Å². The van der Waals surface area contributed by atoms with Gasteiger partial charge in [-0.15, -0.1) is 0 Å². The lowest BCUT2D eigenvalue weighted by Crippen LogP contribution is -2.50. The van der Waals surface area contributed by atoms with Crippen LogP contribution in [-0.4, -0.2) is 35.9 Å². The first-order valence-corrected chi connectivity index (χ1v) is 9.20. The average Bonchev–Trinajstić information content (AvgIpc) is 2.68. The molecule has 3 N–H and O–H groups in total. The lowest BCUT2D eigenvalue weighted by atomic mass is 10.0. The Morgan fingerprint density at radius 3 is 2.40 bits per heavy atom. The molecular formula is C20H22F4N4O2. The zero-order valence-electron chi connectivity index (χ0n) is 16.4. The maximum atomic E-state index is 13.8. The first-order valence-electron chi connectivity index (χ1n) is 9.20. The maximum Gasteiger partial charge on any atom is 0.419 e. The van der Waals surface area contributed by atoms with Gasteiger partial charge in [-0.3, -0.25) is 9.59 Å². The van der Waals surface area contributed by atoms with Crippen molar-refractivity contribution in [1.29, 1.82) is 0 Å². The Balaban J connectivity index is 1.92. The van der Waals surface area contributed by atoms with E-state index in [2.05, 4.69) is 20.9 Å². The molecule has 2 aromatic rings. The van der Waals surface area contributed by atoms with Crippen LogP contribution in [-0.2, 0) is 11.0 Å². The second-order valence-corrected chi connectivity index (χ2v) is 6.79. The Morgan fingerprint density at radius 1 is 1.07 bits per heavy atom. The molecule has 0 saturated heterocycles. The van der Waals surface area contributed by atoms with Crippen molar-refractivity contribution in [2.24, 2.45) is 5.92 Å². The Hall–Kier alpha value is -3.17. The van der Waals surface area contributed by atoms with E-state index in [1.165, 1.54) is 30.5 Å². The molecule has 1 heterocycles. The van der Waals surface area contributed by atoms with Gasteiger partial charge in [-0.2, -0.15) is 13.2 Å². The van der Waals surface area contributed by atoms with Crippen LogP contribution in [0.3, 0.4) is 0 Å². The van der Waals surface area contributed by atoms with E-state index in [4.69, 9.17) is 0 Å². The van der Waals surface area contributed by atoms with Crippen LogP contribution in [0.15, 0.2) is 42.6 Å². The predicted molar refractivity (Wildman–Crippen MR) is 103 cm³/mol. The van der Waals surface area contributed by atoms with Crippen LogP contribution < -0.4 is 16.0 Å². The van der Waals surface area contributed by atoms with E-state index in [0.29, 0.717) is 0 Å². The van der Waals surface area contributed by atoms with Crippen LogP contribution in [0.2, 0.25) is 0 Å². The molecule has 1 unspecified atom stereocenters. The summed E-state index contributed by atoms with van der Waals surface area (Å²) in [5.74, 6) is -2.62. The van der Waals surface area contributed by atoms with Crippen LogP contribution in [0.25, 0.3) is 0 Å². The van der Waals surface area contributed by atoms with Gasteiger partial charge in [-0.1, -0.05) is 26.0 Å². The van der Waals surface area contributed by atoms with Gasteiger partial charge in [-0.25, -0.2) is 9.37 Å². The van der Waals surface area contributed by atoms with E-state index >= 15 is 0 Å². The van der Waals surface area contributed by atoms with E-state index < -0.39 is 35.4 Å². The highest BCUT2D eigenvalue weighted by molar-refractivity contribution is 5.97. The summed E-state index contributed by atoms with van der Waals surface area (Å²) in [5.41, 5.74) is -1.10. The number of amides is 2. The molecule has 0 aliphatic carbocycles. The number of pyridine rings is 1. The molecule has 10 heteroatoms. The number of carbonyl (C=O) groups is 2. The minimum atomic E-state index is -4.56. The highest BCUT2D eigenvalue weighted by Gasteiger charge is 2.34. The summed E-state index contributed by atoms with van der Waals surface area (Å²) in [6.07, 6.45) is -3.33. The third-order valence-electron chi connectivity index (χ3n) is 4.18. The fraction of sp³-hybridized carbons (Fsp3) is 0.350. The highest BCUT2D eigenvalue weighted by Crippen LogP contribution is 2.33. The first kappa shape index (κ1) is 23.1. The van der Waals surface area contributed by atoms with Crippen molar-refractivity contribution >= 4 is 17.6 Å². The van der Waals surface area contributed by atoms with E-state index in [1.807, 2.05) is 0 Å². The molecule has 6 nitrogen and oxygen atoms in total. The zero-order valence-corrected chi connectivity index (χ0v) is 16.4. The van der Waals surface area contributed by atoms with E-state index in [1.54, 1.807) is 13.8 Å². The minimum absolute atomic E-state index is 0.00844. The van der Waals surface area contributed by atoms with Gasteiger partial charge in [0.05, 0.1) is 11.1 Å². The molecule has 0 aliphatic rings. The monoisotopic (exact) mass is 426 g/mol. The number of anilines is 1. The smallest absolute Gasteiger partial charge is 0.368 e. The van der Waals surface area contributed by atoms with Gasteiger partial charge in [0.1, 0.15) is 17.7 Å². The van der Waals surface area contributed by atoms with Crippen LogP contribution in [0.5, 0.6) is 0 Å². The molecule has 2 rings (SSSR count). The fourth-order valence-corrected chi connectivity index (χ4v) is 2.65. The second-order valence-electron chi connectivity index (χ2n) is 6.79. The van der Waals surface area contributed by atoms with Gasteiger partial charge in [-0.05, 0) is 30.2 Å². The Labute approximate surface area is 171 Å². The number of carbonyl (C=O) groups excluding carboxylic acids is 2. The van der Waals surface area contributed by atoms with Gasteiger partial charge in [0.2, 0.25) is 5.91 Å². The summed E-state index contributed by atoms with van der Waals surface area (Å²) in [7, 11) is 0. The molecule has 0 fully saturated rings. The Bertz CT molecular complexity index is 887. The number of alkyl halides is 3. The quantitative estimate of drug-likeness (QED) is 0.447. The van der Waals surface area contributed by atoms with Gasteiger partial charge in [0.25, 0.3) is 5.91 Å². The number of halogens is 4. The van der Waals surface area contributed by atoms with Crippen LogP contribution in [0.4, 0.5) is 23.4 Å². The Kier molecular flexibility index (Phi) is 7.73. The molecule has 0 bridgehead atoms. The summed E-state index contributed by atoms with van der Waals surface area (Å²) in [6, 6.07) is 6.52. The van der Waals surface area contributed by atoms with Crippen molar-refractivity contribution in [1.82, 2.24) is 15.6 Å². The largest absolute Gasteiger partial charge is 0.419 e. The number of nitrogens with zero attached hydrogens (tertiary/aromatic N) is 1. The molecule has 162 valence electrons. The SMILES string of the molecule is CC(C)C(NC(=O)c1ccccc1F)C(=O)NCCNc1ncccc1C(F)(F)F. The van der Waals surface area contributed by atoms with Crippen molar-refractivity contribution in [3.63, 3.8) is 0 Å². The maximum absolute atomic E-state index is 13.8. The molecule has 0 aliphatic heterocycles. The fourth-order valence-electron chi connectivity index (χ4n) is 2.65. The number of nitrogens with one attached hydrogen (secondary N) is 3. The van der Waals surface area contributed by atoms with E-state index in [-0.39, 0.29) is 30.4 Å². The van der Waals surface area contributed by atoms with Crippen molar-refractivity contribution < 1.29 is 27.2 Å². The number of hydrogen-bond acceptors (Lipinski definition) is 4. The molecule has 30 heavy (non-hydrogen) atoms. The molecule has 1 atom stereocenters. The normalized spacial score (nSPS) is 12.4. The number of hydrogen-bond donors (Lipinski definition) is 3. The highest BCUT2D eigenvalue weighted by atomic mass is 19.4. The van der Waals surface area contributed by atoms with E-state index in [9.17, 15) is 27.2 Å².